The van der Waals surface area contributed by atoms with E-state index in [0.717, 1.165) is 6.07 Å². The molecule has 4 rings (SSSR count). The maximum Gasteiger partial charge on any atom is 0.416 e. The molecule has 0 amide bonds. The van der Waals surface area contributed by atoms with E-state index in [2.05, 4.69) is 5.32 Å². The van der Waals surface area contributed by atoms with Crippen LogP contribution in [-0.4, -0.2) is 35.6 Å². The van der Waals surface area contributed by atoms with E-state index in [1.54, 1.807) is 0 Å². The molecule has 35 heavy (non-hydrogen) atoms. The molecule has 1 aliphatic rings. The van der Waals surface area contributed by atoms with Gasteiger partial charge in [0, 0.05) is 11.1 Å². The van der Waals surface area contributed by atoms with Crippen LogP contribution in [0.4, 0.5) is 30.2 Å². The zero-order chi connectivity index (χ0) is 25.9. The van der Waals surface area contributed by atoms with Crippen LogP contribution in [-0.2, 0) is 16.3 Å². The number of carbonyl (C=O) groups is 3. The Labute approximate surface area is 194 Å². The van der Waals surface area contributed by atoms with E-state index >= 15 is 0 Å². The standard InChI is InChI=1S/C22H13F3N2O7S/c23-22(24,25)9-5-6-13(12(7-9)21(30)31)27-14-8-15(35(32,33)34)18(26)17-16(14)19(28)10-3-1-2-4-11(10)20(17)29/h1-8,27H,26H2,(H,30,31)(H,32,33,34). The number of carboxylic acids is 1. The highest BCUT2D eigenvalue weighted by molar-refractivity contribution is 7.86. The van der Waals surface area contributed by atoms with E-state index < -0.39 is 78.0 Å². The molecule has 5 N–H and O–H groups in total. The molecule has 1 aliphatic carbocycles. The second-order valence-electron chi connectivity index (χ2n) is 7.45. The lowest BCUT2D eigenvalue weighted by molar-refractivity contribution is -0.137. The smallest absolute Gasteiger partial charge is 0.416 e. The molecule has 9 nitrogen and oxygen atoms in total. The Bertz CT molecular complexity index is 1560. The Kier molecular flexibility index (Phi) is 5.41. The summed E-state index contributed by atoms with van der Waals surface area (Å²) in [5.74, 6) is -3.38. The maximum absolute atomic E-state index is 13.3. The summed E-state index contributed by atoms with van der Waals surface area (Å²) < 4.78 is 72.7. The zero-order valence-corrected chi connectivity index (χ0v) is 18.0. The summed E-state index contributed by atoms with van der Waals surface area (Å²) in [5.41, 5.74) is 0.967. The number of alkyl halides is 3. The number of carbonyl (C=O) groups excluding carboxylic acids is 2. The van der Waals surface area contributed by atoms with Crippen molar-refractivity contribution in [1.82, 2.24) is 0 Å². The SMILES string of the molecule is Nc1c(S(=O)(=O)O)cc(Nc2ccc(C(F)(F)F)cc2C(=O)O)c2c1C(=O)c1ccccc1C2=O. The highest BCUT2D eigenvalue weighted by atomic mass is 32.2. The van der Waals surface area contributed by atoms with Crippen molar-refractivity contribution in [1.29, 1.82) is 0 Å². The van der Waals surface area contributed by atoms with Gasteiger partial charge in [-0.25, -0.2) is 4.79 Å². The summed E-state index contributed by atoms with van der Waals surface area (Å²) in [6.45, 7) is 0. The fourth-order valence-electron chi connectivity index (χ4n) is 3.76. The maximum atomic E-state index is 13.3. The lowest BCUT2D eigenvalue weighted by Crippen LogP contribution is -2.25. The number of carboxylic acid groups (broad SMARTS) is 1. The van der Waals surface area contributed by atoms with Crippen LogP contribution < -0.4 is 11.1 Å². The first kappa shape index (κ1) is 23.9. The van der Waals surface area contributed by atoms with Crippen LogP contribution in [0.3, 0.4) is 0 Å². The number of nitrogens with one attached hydrogen (secondary N) is 1. The van der Waals surface area contributed by atoms with Gasteiger partial charge in [-0.3, -0.25) is 14.1 Å². The van der Waals surface area contributed by atoms with Gasteiger partial charge in [-0.05, 0) is 24.3 Å². The number of benzene rings is 3. The van der Waals surface area contributed by atoms with Crippen LogP contribution in [0.5, 0.6) is 0 Å². The number of nitrogens with two attached hydrogens (primary N) is 1. The van der Waals surface area contributed by atoms with Crippen molar-refractivity contribution in [3.8, 4) is 0 Å². The highest BCUT2D eigenvalue weighted by Gasteiger charge is 2.37. The van der Waals surface area contributed by atoms with E-state index in [0.29, 0.717) is 18.2 Å². The molecular weight excluding hydrogens is 493 g/mol. The van der Waals surface area contributed by atoms with E-state index in [1.165, 1.54) is 24.3 Å². The Balaban J connectivity index is 2.00. The number of hydrogen-bond donors (Lipinski definition) is 4. The molecule has 0 unspecified atom stereocenters. The lowest BCUT2D eigenvalue weighted by Gasteiger charge is -2.24. The number of hydrogen-bond acceptors (Lipinski definition) is 7. The number of halogens is 3. The lowest BCUT2D eigenvalue weighted by atomic mass is 9.82. The van der Waals surface area contributed by atoms with Crippen molar-refractivity contribution in [3.63, 3.8) is 0 Å². The number of fused-ring (bicyclic) bond motifs is 2. The molecule has 3 aromatic carbocycles. The minimum atomic E-state index is -5.05. The van der Waals surface area contributed by atoms with E-state index in [9.17, 15) is 45.6 Å². The summed E-state index contributed by atoms with van der Waals surface area (Å²) >= 11 is 0. The molecule has 3 aromatic rings. The average Bonchev–Trinajstić information content (AvgIpc) is 2.76. The number of ketones is 2. The van der Waals surface area contributed by atoms with Crippen LogP contribution in [0.15, 0.2) is 53.4 Å². The largest absolute Gasteiger partial charge is 0.478 e. The molecule has 0 atom stereocenters. The molecule has 180 valence electrons. The van der Waals surface area contributed by atoms with Crippen molar-refractivity contribution in [2.45, 2.75) is 11.1 Å². The monoisotopic (exact) mass is 506 g/mol. The highest BCUT2D eigenvalue weighted by Crippen LogP contribution is 2.41. The number of anilines is 3. The van der Waals surface area contributed by atoms with Crippen LogP contribution in [0.1, 0.15) is 47.8 Å². The van der Waals surface area contributed by atoms with Gasteiger partial charge in [-0.15, -0.1) is 0 Å². The van der Waals surface area contributed by atoms with Gasteiger partial charge in [0.05, 0.1) is 39.3 Å². The molecule has 0 saturated heterocycles. The molecule has 0 saturated carbocycles. The van der Waals surface area contributed by atoms with E-state index in [-0.39, 0.29) is 11.1 Å². The van der Waals surface area contributed by atoms with Gasteiger partial charge in [-0.1, -0.05) is 24.3 Å². The molecule has 0 aromatic heterocycles. The van der Waals surface area contributed by atoms with Crippen molar-refractivity contribution < 1.29 is 45.6 Å². The third kappa shape index (κ3) is 4.00. The van der Waals surface area contributed by atoms with Gasteiger partial charge in [0.25, 0.3) is 10.1 Å². The van der Waals surface area contributed by atoms with E-state index in [1.807, 2.05) is 0 Å². The predicted molar refractivity (Wildman–Crippen MR) is 116 cm³/mol. The molecule has 0 spiro atoms. The van der Waals surface area contributed by atoms with Crippen molar-refractivity contribution in [2.75, 3.05) is 11.1 Å². The Morgan fingerprint density at radius 2 is 1.49 bits per heavy atom. The normalized spacial score (nSPS) is 13.3. The van der Waals surface area contributed by atoms with E-state index in [4.69, 9.17) is 5.73 Å². The molecule has 0 heterocycles. The van der Waals surface area contributed by atoms with Crippen LogP contribution in [0.2, 0.25) is 0 Å². The molecular formula is C22H13F3N2O7S. The Morgan fingerprint density at radius 1 is 0.914 bits per heavy atom. The molecule has 0 aliphatic heterocycles. The van der Waals surface area contributed by atoms with Gasteiger partial charge in [0.15, 0.2) is 11.6 Å². The first-order chi connectivity index (χ1) is 16.2. The van der Waals surface area contributed by atoms with Gasteiger partial charge >= 0.3 is 12.1 Å². The Morgan fingerprint density at radius 3 is 2.00 bits per heavy atom. The minimum Gasteiger partial charge on any atom is -0.478 e. The zero-order valence-electron chi connectivity index (χ0n) is 17.2. The number of rotatable bonds is 4. The summed E-state index contributed by atoms with van der Waals surface area (Å²) in [5, 5.41) is 11.9. The topological polar surface area (TPSA) is 164 Å². The van der Waals surface area contributed by atoms with Gasteiger partial charge in [-0.2, -0.15) is 21.6 Å². The number of nitrogen functional groups attached to an aromatic ring is 1. The summed E-state index contributed by atoms with van der Waals surface area (Å²) in [7, 11) is -5.05. The van der Waals surface area contributed by atoms with Crippen molar-refractivity contribution in [3.05, 3.63) is 81.9 Å². The second-order valence-corrected chi connectivity index (χ2v) is 8.84. The average molecular weight is 506 g/mol. The fraction of sp³-hybridized carbons (Fsp3) is 0.0455. The molecule has 13 heteroatoms. The van der Waals surface area contributed by atoms with Crippen LogP contribution in [0.25, 0.3) is 0 Å². The first-order valence-corrected chi connectivity index (χ1v) is 11.0. The third-order valence-electron chi connectivity index (χ3n) is 5.32. The van der Waals surface area contributed by atoms with Gasteiger partial charge < -0.3 is 16.2 Å². The minimum absolute atomic E-state index is 0.0575. The fourth-order valence-corrected chi connectivity index (χ4v) is 4.40. The summed E-state index contributed by atoms with van der Waals surface area (Å²) in [4.78, 5) is 37.1. The van der Waals surface area contributed by atoms with Crippen LogP contribution >= 0.6 is 0 Å². The van der Waals surface area contributed by atoms with Crippen molar-refractivity contribution in [2.24, 2.45) is 0 Å². The number of aromatic carboxylic acids is 1. The summed E-state index contributed by atoms with van der Waals surface area (Å²) in [6.07, 6.45) is -4.85. The Hall–Kier alpha value is -4.23. The molecule has 0 bridgehead atoms. The molecule has 0 fully saturated rings. The van der Waals surface area contributed by atoms with Gasteiger partial charge in [0.2, 0.25) is 0 Å². The summed E-state index contributed by atoms with van der Waals surface area (Å²) in [6, 6.07) is 7.95. The van der Waals surface area contributed by atoms with Crippen molar-refractivity contribution >= 4 is 44.7 Å². The first-order valence-electron chi connectivity index (χ1n) is 9.55. The molecule has 0 radical (unpaired) electrons. The second kappa shape index (κ2) is 7.92. The van der Waals surface area contributed by atoms with Gasteiger partial charge in [0.1, 0.15) is 4.90 Å². The quantitative estimate of drug-likeness (QED) is 0.238. The predicted octanol–water partition coefficient (Wildman–Crippen LogP) is 3.75. The van der Waals surface area contributed by atoms with Crippen LogP contribution in [0, 0.1) is 0 Å². The third-order valence-corrected chi connectivity index (χ3v) is 6.22.